The van der Waals surface area contributed by atoms with Gasteiger partial charge < -0.3 is 15.1 Å². The van der Waals surface area contributed by atoms with Crippen LogP contribution in [0.2, 0.25) is 0 Å². The number of halogens is 1. The summed E-state index contributed by atoms with van der Waals surface area (Å²) in [5.41, 5.74) is 1.61. The van der Waals surface area contributed by atoms with E-state index >= 15 is 0 Å². The van der Waals surface area contributed by atoms with Gasteiger partial charge in [-0.2, -0.15) is 5.26 Å². The Balaban J connectivity index is 1.41. The number of rotatable bonds is 3. The summed E-state index contributed by atoms with van der Waals surface area (Å²) >= 11 is 4.81. The number of likely N-dealkylation sites (tertiary alicyclic amines) is 1. The molecule has 1 aromatic heterocycles. The maximum absolute atomic E-state index is 12.7. The van der Waals surface area contributed by atoms with E-state index < -0.39 is 0 Å². The van der Waals surface area contributed by atoms with Crippen molar-refractivity contribution in [2.45, 2.75) is 19.4 Å². The maximum atomic E-state index is 12.7. The lowest BCUT2D eigenvalue weighted by Crippen LogP contribution is -2.35. The monoisotopic (exact) mass is 459 g/mol. The molecule has 0 aliphatic carbocycles. The molecule has 2 amide bonds. The number of hydrogen-bond acceptors (Lipinski definition) is 6. The molecule has 0 radical (unpaired) electrons. The fourth-order valence-electron chi connectivity index (χ4n) is 3.47. The van der Waals surface area contributed by atoms with E-state index in [9.17, 15) is 9.59 Å². The first-order valence-electron chi connectivity index (χ1n) is 9.02. The van der Waals surface area contributed by atoms with Gasteiger partial charge in [0.25, 0.3) is 5.91 Å². The molecule has 4 rings (SSSR count). The van der Waals surface area contributed by atoms with Crippen LogP contribution in [0.15, 0.2) is 28.7 Å². The third kappa shape index (κ3) is 3.88. The number of fused-ring (bicyclic) bond motifs is 1. The number of amides is 2. The lowest BCUT2D eigenvalue weighted by molar-refractivity contribution is -0.119. The third-order valence-electron chi connectivity index (χ3n) is 5.04. The van der Waals surface area contributed by atoms with Gasteiger partial charge >= 0.3 is 0 Å². The minimum atomic E-state index is -0.184. The molecule has 2 aromatic rings. The number of carbonyl (C=O) groups is 2. The first-order chi connectivity index (χ1) is 13.5. The Hall–Kier alpha value is -2.44. The molecular formula is C19H18BrN5O2S. The summed E-state index contributed by atoms with van der Waals surface area (Å²) in [6.07, 6.45) is 3.44. The Labute approximate surface area is 175 Å². The number of nitriles is 1. The molecule has 2 aliphatic heterocycles. The number of aromatic nitrogens is 1. The Bertz CT molecular complexity index is 952. The van der Waals surface area contributed by atoms with E-state index in [-0.39, 0.29) is 17.7 Å². The van der Waals surface area contributed by atoms with Gasteiger partial charge in [-0.15, -0.1) is 0 Å². The van der Waals surface area contributed by atoms with Gasteiger partial charge in [0.05, 0.1) is 18.2 Å². The van der Waals surface area contributed by atoms with E-state index in [0.29, 0.717) is 49.7 Å². The summed E-state index contributed by atoms with van der Waals surface area (Å²) in [6, 6.07) is 7.34. The fraction of sp³-hybridized carbons (Fsp3) is 0.368. The van der Waals surface area contributed by atoms with Crippen molar-refractivity contribution in [1.82, 2.24) is 14.8 Å². The summed E-state index contributed by atoms with van der Waals surface area (Å²) in [6.45, 7) is 2.20. The van der Waals surface area contributed by atoms with Gasteiger partial charge in [-0.1, -0.05) is 27.3 Å². The predicted octanol–water partition coefficient (Wildman–Crippen LogP) is 2.85. The highest BCUT2D eigenvalue weighted by molar-refractivity contribution is 9.10. The summed E-state index contributed by atoms with van der Waals surface area (Å²) in [5, 5.41) is 12.4. The van der Waals surface area contributed by atoms with Gasteiger partial charge in [-0.05, 0) is 30.7 Å². The summed E-state index contributed by atoms with van der Waals surface area (Å²) in [7, 11) is 0. The van der Waals surface area contributed by atoms with E-state index in [1.54, 1.807) is 4.90 Å². The van der Waals surface area contributed by atoms with E-state index in [1.807, 2.05) is 29.2 Å². The average Bonchev–Trinajstić information content (AvgIpc) is 3.33. The number of carbonyl (C=O) groups excluding carboxylic acids is 2. The smallest absolute Gasteiger partial charge is 0.254 e. The van der Waals surface area contributed by atoms with Gasteiger partial charge in [-0.3, -0.25) is 9.59 Å². The van der Waals surface area contributed by atoms with Crippen molar-refractivity contribution in [3.8, 4) is 6.19 Å². The molecular weight excluding hydrogens is 442 g/mol. The second kappa shape index (κ2) is 7.89. The molecule has 1 aromatic carbocycles. The van der Waals surface area contributed by atoms with Crippen LogP contribution >= 0.6 is 27.3 Å². The average molecular weight is 460 g/mol. The lowest BCUT2D eigenvalue weighted by Gasteiger charge is -2.26. The standard InChI is InChI=1S/C19H18BrN5O2S/c20-14-3-1-12(2-4-14)18(27)25-8-6-15-16(10-25)28-19(22-15)23-17(26)13-5-7-24(9-13)11-21/h1-4,13H,5-10H2,(H,22,23,26)/t13-/m0/s1. The summed E-state index contributed by atoms with van der Waals surface area (Å²) in [5.74, 6) is -0.276. The quantitative estimate of drug-likeness (QED) is 0.712. The van der Waals surface area contributed by atoms with Crippen molar-refractivity contribution in [1.29, 1.82) is 5.26 Å². The molecule has 1 fully saturated rings. The Kier molecular flexibility index (Phi) is 5.33. The molecule has 7 nitrogen and oxygen atoms in total. The number of hydrogen-bond donors (Lipinski definition) is 1. The van der Waals surface area contributed by atoms with Gasteiger partial charge in [-0.25, -0.2) is 4.98 Å². The van der Waals surface area contributed by atoms with Crippen molar-refractivity contribution in [2.75, 3.05) is 25.0 Å². The lowest BCUT2D eigenvalue weighted by atomic mass is 10.1. The van der Waals surface area contributed by atoms with Crippen LogP contribution in [-0.4, -0.2) is 46.2 Å². The number of anilines is 1. The number of nitrogens with zero attached hydrogens (tertiary/aromatic N) is 4. The number of thiazole rings is 1. The van der Waals surface area contributed by atoms with Gasteiger partial charge in [0.15, 0.2) is 11.3 Å². The fourth-order valence-corrected chi connectivity index (χ4v) is 4.76. The van der Waals surface area contributed by atoms with Crippen molar-refractivity contribution in [3.63, 3.8) is 0 Å². The van der Waals surface area contributed by atoms with Crippen molar-refractivity contribution in [2.24, 2.45) is 5.92 Å². The normalized spacial score (nSPS) is 18.5. The highest BCUT2D eigenvalue weighted by atomic mass is 79.9. The number of benzene rings is 1. The zero-order valence-corrected chi connectivity index (χ0v) is 17.4. The molecule has 28 heavy (non-hydrogen) atoms. The highest BCUT2D eigenvalue weighted by Crippen LogP contribution is 2.30. The van der Waals surface area contributed by atoms with Crippen LogP contribution in [-0.2, 0) is 17.8 Å². The molecule has 1 atom stereocenters. The molecule has 144 valence electrons. The maximum Gasteiger partial charge on any atom is 0.254 e. The SMILES string of the molecule is N#CN1CC[C@H](C(=O)Nc2nc3c(s2)CN(C(=O)c2ccc(Br)cc2)CC3)C1. The van der Waals surface area contributed by atoms with Crippen LogP contribution in [0.3, 0.4) is 0 Å². The summed E-state index contributed by atoms with van der Waals surface area (Å²) < 4.78 is 0.938. The minimum Gasteiger partial charge on any atom is -0.333 e. The van der Waals surface area contributed by atoms with Crippen molar-refractivity contribution >= 4 is 44.2 Å². The molecule has 0 unspecified atom stereocenters. The molecule has 0 spiro atoms. The molecule has 1 N–H and O–H groups in total. The largest absolute Gasteiger partial charge is 0.333 e. The molecule has 3 heterocycles. The first-order valence-corrected chi connectivity index (χ1v) is 10.6. The van der Waals surface area contributed by atoms with Crippen LogP contribution < -0.4 is 5.32 Å². The van der Waals surface area contributed by atoms with E-state index in [2.05, 4.69) is 32.4 Å². The second-order valence-electron chi connectivity index (χ2n) is 6.89. The summed E-state index contributed by atoms with van der Waals surface area (Å²) in [4.78, 5) is 34.1. The van der Waals surface area contributed by atoms with Crippen LogP contribution in [0.5, 0.6) is 0 Å². The van der Waals surface area contributed by atoms with Gasteiger partial charge in [0.2, 0.25) is 5.91 Å². The number of nitrogens with one attached hydrogen (secondary N) is 1. The van der Waals surface area contributed by atoms with E-state index in [0.717, 1.165) is 15.0 Å². The topological polar surface area (TPSA) is 89.3 Å². The Morgan fingerprint density at radius 3 is 2.79 bits per heavy atom. The van der Waals surface area contributed by atoms with Gasteiger partial charge in [0, 0.05) is 41.0 Å². The molecule has 2 aliphatic rings. The molecule has 0 bridgehead atoms. The third-order valence-corrected chi connectivity index (χ3v) is 6.57. The van der Waals surface area contributed by atoms with Crippen LogP contribution in [0.4, 0.5) is 5.13 Å². The second-order valence-corrected chi connectivity index (χ2v) is 8.89. The first kappa shape index (κ1) is 18.9. The van der Waals surface area contributed by atoms with Gasteiger partial charge in [0.1, 0.15) is 0 Å². The Morgan fingerprint density at radius 2 is 2.07 bits per heavy atom. The molecule has 0 saturated carbocycles. The molecule has 9 heteroatoms. The van der Waals surface area contributed by atoms with Crippen LogP contribution in [0, 0.1) is 17.4 Å². The van der Waals surface area contributed by atoms with E-state index in [1.165, 1.54) is 11.3 Å². The Morgan fingerprint density at radius 1 is 1.29 bits per heavy atom. The highest BCUT2D eigenvalue weighted by Gasteiger charge is 2.29. The zero-order valence-electron chi connectivity index (χ0n) is 15.0. The predicted molar refractivity (Wildman–Crippen MR) is 109 cm³/mol. The van der Waals surface area contributed by atoms with Crippen LogP contribution in [0.1, 0.15) is 27.3 Å². The van der Waals surface area contributed by atoms with Crippen LogP contribution in [0.25, 0.3) is 0 Å². The van der Waals surface area contributed by atoms with E-state index in [4.69, 9.17) is 5.26 Å². The van der Waals surface area contributed by atoms with Crippen molar-refractivity contribution < 1.29 is 9.59 Å². The zero-order chi connectivity index (χ0) is 19.7. The molecule has 1 saturated heterocycles. The minimum absolute atomic E-state index is 0.000291. The van der Waals surface area contributed by atoms with Crippen molar-refractivity contribution in [3.05, 3.63) is 44.9 Å².